The normalized spacial score (nSPS) is 33.0. The molecule has 2 aliphatic heterocycles. The summed E-state index contributed by atoms with van der Waals surface area (Å²) in [6.45, 7) is 4.74. The molecular formula is C11H13N4O4SW-. The molecule has 0 bridgehead atoms. The van der Waals surface area contributed by atoms with Crippen LogP contribution in [0.2, 0.25) is 0 Å². The standard InChI is InChI=1S/C11H13N4O4S.W/c1-7(16)10-11(2,6-14-4-3-12-13-14)20(18,19)9-5-8(17)15(9)10;/h3-4,9-10H,1,5-6H2,2H3;/q-1;/t9-,10?,11?;/m1./s1. The maximum atomic E-state index is 12.6. The first-order chi connectivity index (χ1) is 9.29. The molecule has 3 atom stereocenters. The van der Waals surface area contributed by atoms with Crippen LogP contribution in [0.1, 0.15) is 13.3 Å². The monoisotopic (exact) mass is 481 g/mol. The molecule has 1 aromatic heterocycles. The van der Waals surface area contributed by atoms with Gasteiger partial charge in [-0.25, -0.2) is 8.42 Å². The van der Waals surface area contributed by atoms with Gasteiger partial charge in [-0.1, -0.05) is 5.21 Å². The van der Waals surface area contributed by atoms with Crippen molar-refractivity contribution in [1.29, 1.82) is 0 Å². The third-order valence-corrected chi connectivity index (χ3v) is 6.83. The van der Waals surface area contributed by atoms with Crippen LogP contribution in [0, 0.1) is 6.92 Å². The number of aromatic nitrogens is 3. The predicted octanol–water partition coefficient (Wildman–Crippen LogP) is -1.21. The molecule has 3 rings (SSSR count). The number of fused-ring (bicyclic) bond motifs is 1. The maximum absolute atomic E-state index is 12.6. The summed E-state index contributed by atoms with van der Waals surface area (Å²) in [4.78, 5) is 24.6. The average molecular weight is 481 g/mol. The van der Waals surface area contributed by atoms with Crippen LogP contribution in [0.5, 0.6) is 0 Å². The molecule has 0 N–H and O–H groups in total. The van der Waals surface area contributed by atoms with Gasteiger partial charge < -0.3 is 16.6 Å². The molecule has 3 heterocycles. The Balaban J connectivity index is 0.00000161. The number of hydrogen-bond acceptors (Lipinski definition) is 6. The van der Waals surface area contributed by atoms with Crippen molar-refractivity contribution in [3.8, 4) is 0 Å². The molecule has 1 amide bonds. The minimum Gasteiger partial charge on any atom is -0.337 e. The van der Waals surface area contributed by atoms with Crippen LogP contribution in [0.15, 0.2) is 12.4 Å². The minimum absolute atomic E-state index is 0. The molecule has 114 valence electrons. The summed E-state index contributed by atoms with van der Waals surface area (Å²) >= 11 is 0. The van der Waals surface area contributed by atoms with Gasteiger partial charge in [0.25, 0.3) is 0 Å². The van der Waals surface area contributed by atoms with Crippen LogP contribution >= 0.6 is 0 Å². The van der Waals surface area contributed by atoms with Crippen LogP contribution in [0.4, 0.5) is 0 Å². The van der Waals surface area contributed by atoms with Crippen molar-refractivity contribution >= 4 is 21.5 Å². The van der Waals surface area contributed by atoms with Crippen LogP contribution in [0.3, 0.4) is 0 Å². The topological polar surface area (TPSA) is 102 Å². The summed E-state index contributed by atoms with van der Waals surface area (Å²) < 4.78 is 25.2. The molecule has 1 aromatic rings. The van der Waals surface area contributed by atoms with Crippen molar-refractivity contribution in [2.75, 3.05) is 0 Å². The summed E-state index contributed by atoms with van der Waals surface area (Å²) in [5.74, 6) is -0.908. The van der Waals surface area contributed by atoms with Crippen LogP contribution in [0.25, 0.3) is 0 Å². The van der Waals surface area contributed by atoms with Crippen LogP contribution in [-0.4, -0.2) is 56.2 Å². The molecule has 0 aromatic carbocycles. The van der Waals surface area contributed by atoms with E-state index in [1.807, 2.05) is 0 Å². The van der Waals surface area contributed by atoms with E-state index in [9.17, 15) is 18.0 Å². The van der Waals surface area contributed by atoms with Crippen LogP contribution < -0.4 is 0 Å². The summed E-state index contributed by atoms with van der Waals surface area (Å²) in [5.41, 5.74) is 0. The Kier molecular flexibility index (Phi) is 3.78. The minimum atomic E-state index is -3.68. The first-order valence-electron chi connectivity index (χ1n) is 6.03. The second-order valence-electron chi connectivity index (χ2n) is 5.29. The fourth-order valence-electron chi connectivity index (χ4n) is 3.04. The summed E-state index contributed by atoms with van der Waals surface area (Å²) in [5, 5.41) is 6.44. The number of ketones is 1. The van der Waals surface area contributed by atoms with E-state index in [4.69, 9.17) is 0 Å². The molecule has 0 spiro atoms. The quantitative estimate of drug-likeness (QED) is 0.397. The zero-order chi connectivity index (χ0) is 14.7. The first-order valence-corrected chi connectivity index (χ1v) is 7.58. The smallest absolute Gasteiger partial charge is 0.227 e. The molecule has 21 heavy (non-hydrogen) atoms. The number of nitrogens with zero attached hydrogens (tertiary/aromatic N) is 4. The number of carbonyl (C=O) groups is 2. The molecule has 0 saturated carbocycles. The summed E-state index contributed by atoms with van der Waals surface area (Å²) in [6.07, 6.45) is 2.87. The van der Waals surface area contributed by atoms with Gasteiger partial charge in [-0.05, 0) is 6.92 Å². The van der Waals surface area contributed by atoms with Crippen molar-refractivity contribution in [3.63, 3.8) is 0 Å². The SMILES string of the molecule is [CH2-]C(=O)C1N2C(=O)C[C@H]2S(=O)(=O)C1(C)Cn1ccnn1.[W]. The van der Waals surface area contributed by atoms with Gasteiger partial charge in [0.15, 0.2) is 9.84 Å². The van der Waals surface area contributed by atoms with Gasteiger partial charge in [-0.15, -0.1) is 5.10 Å². The third kappa shape index (κ3) is 1.97. The van der Waals surface area contributed by atoms with Gasteiger partial charge in [0.1, 0.15) is 10.1 Å². The zero-order valence-electron chi connectivity index (χ0n) is 11.2. The van der Waals surface area contributed by atoms with E-state index in [0.29, 0.717) is 0 Å². The van der Waals surface area contributed by atoms with E-state index in [1.165, 1.54) is 24.0 Å². The fraction of sp³-hybridized carbons (Fsp3) is 0.545. The number of carbonyl (C=O) groups excluding carboxylic acids is 2. The first kappa shape index (κ1) is 16.2. The van der Waals surface area contributed by atoms with E-state index in [0.717, 1.165) is 4.90 Å². The second kappa shape index (κ2) is 4.91. The maximum Gasteiger partial charge on any atom is 0.227 e. The molecule has 0 radical (unpaired) electrons. The Labute approximate surface area is 136 Å². The Morgan fingerprint density at radius 3 is 2.71 bits per heavy atom. The van der Waals surface area contributed by atoms with Crippen molar-refractivity contribution in [3.05, 3.63) is 19.3 Å². The molecule has 2 aliphatic rings. The molecule has 10 heteroatoms. The van der Waals surface area contributed by atoms with Crippen molar-refractivity contribution in [2.45, 2.75) is 36.1 Å². The van der Waals surface area contributed by atoms with E-state index in [2.05, 4.69) is 17.2 Å². The molecular weight excluding hydrogens is 468 g/mol. The molecule has 0 aliphatic carbocycles. The molecule has 2 unspecified atom stereocenters. The number of rotatable bonds is 3. The average Bonchev–Trinajstić information content (AvgIpc) is 2.87. The molecule has 2 saturated heterocycles. The van der Waals surface area contributed by atoms with Gasteiger partial charge in [0.05, 0.1) is 25.2 Å². The molecule has 8 nitrogen and oxygen atoms in total. The van der Waals surface area contributed by atoms with E-state index >= 15 is 0 Å². The third-order valence-electron chi connectivity index (χ3n) is 4.07. The number of sulfone groups is 1. The Morgan fingerprint density at radius 1 is 1.57 bits per heavy atom. The number of hydrogen-bond donors (Lipinski definition) is 0. The molecule has 2 fully saturated rings. The largest absolute Gasteiger partial charge is 0.337 e. The van der Waals surface area contributed by atoms with Gasteiger partial charge in [-0.2, -0.15) is 0 Å². The van der Waals surface area contributed by atoms with E-state index in [-0.39, 0.29) is 39.9 Å². The van der Waals surface area contributed by atoms with Crippen molar-refractivity contribution < 1.29 is 39.1 Å². The van der Waals surface area contributed by atoms with Crippen molar-refractivity contribution in [2.24, 2.45) is 0 Å². The Bertz CT molecular complexity index is 689. The number of β-lactam (4-membered cyclic amide) rings is 1. The number of Topliss-reactive ketones (excluding diaryl/α,β-unsaturated/α-hetero) is 1. The van der Waals surface area contributed by atoms with Gasteiger partial charge in [-0.3, -0.25) is 9.48 Å². The summed E-state index contributed by atoms with van der Waals surface area (Å²) in [7, 11) is -3.68. The Morgan fingerprint density at radius 2 is 2.24 bits per heavy atom. The van der Waals surface area contributed by atoms with E-state index < -0.39 is 31.8 Å². The predicted molar refractivity (Wildman–Crippen MR) is 66.7 cm³/mol. The second-order valence-corrected chi connectivity index (χ2v) is 7.85. The van der Waals surface area contributed by atoms with Gasteiger partial charge in [0, 0.05) is 33.0 Å². The van der Waals surface area contributed by atoms with Gasteiger partial charge >= 0.3 is 0 Å². The zero-order valence-corrected chi connectivity index (χ0v) is 14.9. The fourth-order valence-corrected chi connectivity index (χ4v) is 5.43. The van der Waals surface area contributed by atoms with Crippen molar-refractivity contribution in [1.82, 2.24) is 19.9 Å². The van der Waals surface area contributed by atoms with Gasteiger partial charge in [0.2, 0.25) is 5.91 Å². The van der Waals surface area contributed by atoms with E-state index in [1.54, 1.807) is 0 Å². The number of amides is 1. The van der Waals surface area contributed by atoms with Crippen LogP contribution in [-0.2, 0) is 47.0 Å². The summed E-state index contributed by atoms with van der Waals surface area (Å²) in [6, 6.07) is -1.07. The Hall–Kier alpha value is -1.21.